The molecule has 14 heavy (non-hydrogen) atoms. The number of hydrogen-bond acceptors (Lipinski definition) is 3. The largest absolute Gasteiger partial charge is 0.493 e. The molecule has 0 spiro atoms. The van der Waals surface area contributed by atoms with Crippen molar-refractivity contribution in [1.29, 1.82) is 0 Å². The van der Waals surface area contributed by atoms with Gasteiger partial charge in [0.1, 0.15) is 6.10 Å². The molecule has 1 atom stereocenters. The summed E-state index contributed by atoms with van der Waals surface area (Å²) in [7, 11) is 0. The lowest BCUT2D eigenvalue weighted by molar-refractivity contribution is 0.175. The third kappa shape index (κ3) is 1.02. The molecule has 1 aliphatic rings. The van der Waals surface area contributed by atoms with E-state index in [9.17, 15) is 0 Å². The van der Waals surface area contributed by atoms with Crippen molar-refractivity contribution in [3.05, 3.63) is 42.3 Å². The lowest BCUT2D eigenvalue weighted by Gasteiger charge is -2.10. The molecule has 0 saturated carbocycles. The van der Waals surface area contributed by atoms with Crippen LogP contribution in [-0.2, 0) is 4.74 Å². The number of nitrogens with zero attached hydrogens (tertiary/aromatic N) is 1. The molecule has 0 bridgehead atoms. The van der Waals surface area contributed by atoms with E-state index in [0.717, 1.165) is 23.0 Å². The van der Waals surface area contributed by atoms with Gasteiger partial charge in [-0.2, -0.15) is 0 Å². The molecule has 1 aromatic carbocycles. The molecule has 70 valence electrons. The monoisotopic (exact) mass is 187 g/mol. The minimum absolute atomic E-state index is 0.123. The molecule has 0 fully saturated rings. The van der Waals surface area contributed by atoms with Gasteiger partial charge in [0.15, 0.2) is 5.58 Å². The molecule has 1 unspecified atom stereocenters. The van der Waals surface area contributed by atoms with E-state index < -0.39 is 0 Å². The first-order valence-electron chi connectivity index (χ1n) is 4.59. The van der Waals surface area contributed by atoms with Crippen LogP contribution in [0.15, 0.2) is 41.3 Å². The van der Waals surface area contributed by atoms with Crippen molar-refractivity contribution in [2.45, 2.75) is 12.5 Å². The zero-order valence-corrected chi connectivity index (χ0v) is 7.51. The molecular weight excluding hydrogens is 178 g/mol. The van der Waals surface area contributed by atoms with Crippen LogP contribution in [0.3, 0.4) is 0 Å². The second kappa shape index (κ2) is 2.87. The van der Waals surface area contributed by atoms with Crippen molar-refractivity contribution in [3.63, 3.8) is 0 Å². The predicted molar refractivity (Wildman–Crippen MR) is 51.6 cm³/mol. The van der Waals surface area contributed by atoms with Crippen molar-refractivity contribution in [2.75, 3.05) is 0 Å². The Balaban J connectivity index is 2.15. The first-order valence-corrected chi connectivity index (χ1v) is 4.59. The van der Waals surface area contributed by atoms with E-state index in [4.69, 9.17) is 9.26 Å². The fourth-order valence-corrected chi connectivity index (χ4v) is 1.78. The first kappa shape index (κ1) is 7.62. The molecule has 2 aromatic rings. The Hall–Kier alpha value is -1.77. The van der Waals surface area contributed by atoms with Gasteiger partial charge < -0.3 is 9.26 Å². The summed E-state index contributed by atoms with van der Waals surface area (Å²) in [6, 6.07) is 5.93. The molecule has 0 radical (unpaired) electrons. The number of fused-ring (bicyclic) bond motifs is 1. The van der Waals surface area contributed by atoms with E-state index >= 15 is 0 Å². The standard InChI is InChI=1S/C11H9NO2/c1-3-8(10-5-2-6-13-10)9-7-12-14-11(9)4-1/h1-4,6-7,10H,5H2. The van der Waals surface area contributed by atoms with Crippen LogP contribution in [-0.4, -0.2) is 5.16 Å². The van der Waals surface area contributed by atoms with Crippen molar-refractivity contribution in [3.8, 4) is 0 Å². The molecule has 3 nitrogen and oxygen atoms in total. The normalized spacial score (nSPS) is 20.1. The maximum absolute atomic E-state index is 5.47. The lowest BCUT2D eigenvalue weighted by Crippen LogP contribution is -1.95. The Morgan fingerprint density at radius 2 is 2.36 bits per heavy atom. The van der Waals surface area contributed by atoms with Crippen molar-refractivity contribution < 1.29 is 9.26 Å². The Morgan fingerprint density at radius 1 is 1.36 bits per heavy atom. The molecule has 0 aliphatic carbocycles. The highest BCUT2D eigenvalue weighted by Gasteiger charge is 2.17. The lowest BCUT2D eigenvalue weighted by atomic mass is 10.0. The van der Waals surface area contributed by atoms with Crippen LogP contribution >= 0.6 is 0 Å². The Morgan fingerprint density at radius 3 is 3.21 bits per heavy atom. The second-order valence-corrected chi connectivity index (χ2v) is 3.32. The smallest absolute Gasteiger partial charge is 0.167 e. The summed E-state index contributed by atoms with van der Waals surface area (Å²) in [4.78, 5) is 0. The van der Waals surface area contributed by atoms with Crippen molar-refractivity contribution >= 4 is 11.0 Å². The van der Waals surface area contributed by atoms with Crippen LogP contribution in [0.2, 0.25) is 0 Å². The van der Waals surface area contributed by atoms with Gasteiger partial charge in [-0.05, 0) is 12.1 Å². The molecule has 0 amide bonds. The third-order valence-electron chi connectivity index (χ3n) is 2.47. The van der Waals surface area contributed by atoms with Crippen LogP contribution in [0.4, 0.5) is 0 Å². The molecule has 0 saturated heterocycles. The number of aromatic nitrogens is 1. The molecule has 3 heteroatoms. The maximum Gasteiger partial charge on any atom is 0.167 e. The minimum atomic E-state index is 0.123. The van der Waals surface area contributed by atoms with Crippen LogP contribution in [0.25, 0.3) is 11.0 Å². The summed E-state index contributed by atoms with van der Waals surface area (Å²) >= 11 is 0. The SMILES string of the molecule is C1=COC(c2cccc3oncc23)C1. The fourth-order valence-electron chi connectivity index (χ4n) is 1.78. The second-order valence-electron chi connectivity index (χ2n) is 3.32. The molecule has 0 N–H and O–H groups in total. The molecule has 1 aromatic heterocycles. The topological polar surface area (TPSA) is 35.3 Å². The van der Waals surface area contributed by atoms with E-state index in [-0.39, 0.29) is 6.10 Å². The molecule has 3 rings (SSSR count). The first-order chi connectivity index (χ1) is 6.95. The van der Waals surface area contributed by atoms with Gasteiger partial charge in [-0.3, -0.25) is 0 Å². The van der Waals surface area contributed by atoms with E-state index in [0.29, 0.717) is 0 Å². The van der Waals surface area contributed by atoms with Crippen LogP contribution in [0.1, 0.15) is 18.1 Å². The van der Waals surface area contributed by atoms with E-state index in [2.05, 4.69) is 11.2 Å². The average molecular weight is 187 g/mol. The summed E-state index contributed by atoms with van der Waals surface area (Å²) in [5.41, 5.74) is 1.96. The van der Waals surface area contributed by atoms with Gasteiger partial charge >= 0.3 is 0 Å². The van der Waals surface area contributed by atoms with Gasteiger partial charge in [0.25, 0.3) is 0 Å². The number of hydrogen-bond donors (Lipinski definition) is 0. The molecule has 2 heterocycles. The van der Waals surface area contributed by atoms with Gasteiger partial charge in [0.05, 0.1) is 12.5 Å². The maximum atomic E-state index is 5.47. The van der Waals surface area contributed by atoms with Crippen molar-refractivity contribution in [1.82, 2.24) is 5.16 Å². The van der Waals surface area contributed by atoms with Gasteiger partial charge in [-0.15, -0.1) is 0 Å². The summed E-state index contributed by atoms with van der Waals surface area (Å²) in [6.45, 7) is 0. The zero-order valence-electron chi connectivity index (χ0n) is 7.51. The molecule has 1 aliphatic heterocycles. The minimum Gasteiger partial charge on any atom is -0.493 e. The highest BCUT2D eigenvalue weighted by molar-refractivity contribution is 5.80. The Kier molecular flexibility index (Phi) is 1.56. The van der Waals surface area contributed by atoms with Crippen LogP contribution in [0, 0.1) is 0 Å². The predicted octanol–water partition coefficient (Wildman–Crippen LogP) is 2.80. The highest BCUT2D eigenvalue weighted by Crippen LogP contribution is 2.31. The van der Waals surface area contributed by atoms with Gasteiger partial charge in [-0.1, -0.05) is 17.3 Å². The van der Waals surface area contributed by atoms with E-state index in [1.165, 1.54) is 0 Å². The van der Waals surface area contributed by atoms with Crippen LogP contribution in [0.5, 0.6) is 0 Å². The number of ether oxygens (including phenoxy) is 1. The van der Waals surface area contributed by atoms with E-state index in [1.807, 2.05) is 18.2 Å². The van der Waals surface area contributed by atoms with Gasteiger partial charge in [-0.25, -0.2) is 0 Å². The molecular formula is C11H9NO2. The highest BCUT2D eigenvalue weighted by atomic mass is 16.5. The zero-order chi connectivity index (χ0) is 9.38. The van der Waals surface area contributed by atoms with Gasteiger partial charge in [0.2, 0.25) is 0 Å². The third-order valence-corrected chi connectivity index (χ3v) is 2.47. The fraction of sp³-hybridized carbons (Fsp3) is 0.182. The van der Waals surface area contributed by atoms with E-state index in [1.54, 1.807) is 12.5 Å². The summed E-state index contributed by atoms with van der Waals surface area (Å²) in [5.74, 6) is 0. The average Bonchev–Trinajstić information content (AvgIpc) is 2.88. The quantitative estimate of drug-likeness (QED) is 0.688. The number of benzene rings is 1. The van der Waals surface area contributed by atoms with Crippen LogP contribution < -0.4 is 0 Å². The number of rotatable bonds is 1. The summed E-state index contributed by atoms with van der Waals surface area (Å²) < 4.78 is 10.6. The summed E-state index contributed by atoms with van der Waals surface area (Å²) in [5, 5.41) is 4.83. The Bertz CT molecular complexity index is 479. The Labute approximate surface area is 81.0 Å². The van der Waals surface area contributed by atoms with Gasteiger partial charge in [0, 0.05) is 17.4 Å². The van der Waals surface area contributed by atoms with Crippen molar-refractivity contribution in [2.24, 2.45) is 0 Å². The summed E-state index contributed by atoms with van der Waals surface area (Å²) in [6.07, 6.45) is 6.56.